The molecule has 2 aromatic heterocycles. The first-order valence-corrected chi connectivity index (χ1v) is 8.05. The van der Waals surface area contributed by atoms with E-state index in [-0.39, 0.29) is 0 Å². The Labute approximate surface area is 125 Å². The molecule has 0 saturated heterocycles. The number of hydrogen-bond donors (Lipinski definition) is 1. The molecule has 2 rings (SSSR count). The fourth-order valence-electron chi connectivity index (χ4n) is 2.08. The summed E-state index contributed by atoms with van der Waals surface area (Å²) in [6.45, 7) is 10.5. The minimum absolute atomic E-state index is 0.621. The molecular weight excluding hydrogens is 266 g/mol. The Balaban J connectivity index is 2.32. The van der Waals surface area contributed by atoms with E-state index in [9.17, 15) is 0 Å². The maximum absolute atomic E-state index is 4.83. The molecule has 0 amide bonds. The Hall–Kier alpha value is -1.26. The van der Waals surface area contributed by atoms with E-state index in [1.165, 1.54) is 10.6 Å². The van der Waals surface area contributed by atoms with Gasteiger partial charge in [-0.3, -0.25) is 4.98 Å². The molecule has 108 valence electrons. The van der Waals surface area contributed by atoms with Gasteiger partial charge in [-0.05, 0) is 37.9 Å². The van der Waals surface area contributed by atoms with Crippen LogP contribution in [0.5, 0.6) is 0 Å². The van der Waals surface area contributed by atoms with Crippen LogP contribution in [0.3, 0.4) is 0 Å². The Morgan fingerprint density at radius 2 is 2.05 bits per heavy atom. The lowest BCUT2D eigenvalue weighted by Gasteiger charge is -2.04. The lowest BCUT2D eigenvalue weighted by Crippen LogP contribution is -2.12. The summed E-state index contributed by atoms with van der Waals surface area (Å²) in [4.78, 5) is 10.8. The molecule has 4 heteroatoms. The van der Waals surface area contributed by atoms with Gasteiger partial charge in [0.05, 0.1) is 11.4 Å². The third-order valence-electron chi connectivity index (χ3n) is 3.02. The second-order valence-electron chi connectivity index (χ2n) is 5.43. The first kappa shape index (κ1) is 15.1. The summed E-state index contributed by atoms with van der Waals surface area (Å²) >= 11 is 1.77. The standard InChI is InChI=1S/C16H23N3S/c1-5-17-10-15-14(9-11(2)3)19-16(20-15)13-8-6-7-12(4)18-13/h6-8,11,17H,5,9-10H2,1-4H3. The molecule has 0 saturated carbocycles. The van der Waals surface area contributed by atoms with Gasteiger partial charge in [-0.25, -0.2) is 4.98 Å². The zero-order valence-electron chi connectivity index (χ0n) is 12.7. The Morgan fingerprint density at radius 3 is 2.70 bits per heavy atom. The number of aromatic nitrogens is 2. The van der Waals surface area contributed by atoms with E-state index >= 15 is 0 Å². The predicted molar refractivity (Wildman–Crippen MR) is 86.0 cm³/mol. The minimum atomic E-state index is 0.621. The number of rotatable bonds is 6. The van der Waals surface area contributed by atoms with Crippen molar-refractivity contribution in [1.82, 2.24) is 15.3 Å². The van der Waals surface area contributed by atoms with Crippen LogP contribution < -0.4 is 5.32 Å². The fourth-order valence-corrected chi connectivity index (χ4v) is 3.11. The zero-order chi connectivity index (χ0) is 14.5. The van der Waals surface area contributed by atoms with Gasteiger partial charge in [0.25, 0.3) is 0 Å². The summed E-state index contributed by atoms with van der Waals surface area (Å²) in [5.41, 5.74) is 3.25. The van der Waals surface area contributed by atoms with Crippen LogP contribution in [-0.2, 0) is 13.0 Å². The van der Waals surface area contributed by atoms with E-state index in [2.05, 4.69) is 31.1 Å². The van der Waals surface area contributed by atoms with Crippen LogP contribution in [-0.4, -0.2) is 16.5 Å². The molecule has 0 aliphatic carbocycles. The minimum Gasteiger partial charge on any atom is -0.312 e. The smallest absolute Gasteiger partial charge is 0.142 e. The first-order valence-electron chi connectivity index (χ1n) is 7.23. The molecule has 20 heavy (non-hydrogen) atoms. The molecule has 2 heterocycles. The highest BCUT2D eigenvalue weighted by molar-refractivity contribution is 7.15. The molecule has 2 aromatic rings. The third kappa shape index (κ3) is 3.87. The maximum atomic E-state index is 4.83. The van der Waals surface area contributed by atoms with Crippen molar-refractivity contribution in [2.24, 2.45) is 5.92 Å². The molecule has 0 aliphatic rings. The molecule has 3 nitrogen and oxygen atoms in total. The Morgan fingerprint density at radius 1 is 1.25 bits per heavy atom. The molecular formula is C16H23N3S. The van der Waals surface area contributed by atoms with Crippen molar-refractivity contribution in [2.75, 3.05) is 6.54 Å². The molecule has 0 spiro atoms. The van der Waals surface area contributed by atoms with Gasteiger partial charge in [0, 0.05) is 17.1 Å². The van der Waals surface area contributed by atoms with Gasteiger partial charge < -0.3 is 5.32 Å². The zero-order valence-corrected chi connectivity index (χ0v) is 13.5. The van der Waals surface area contributed by atoms with Gasteiger partial charge in [-0.1, -0.05) is 26.8 Å². The molecule has 0 unspecified atom stereocenters. The van der Waals surface area contributed by atoms with Gasteiger partial charge >= 0.3 is 0 Å². The highest BCUT2D eigenvalue weighted by Crippen LogP contribution is 2.28. The summed E-state index contributed by atoms with van der Waals surface area (Å²) in [5, 5.41) is 4.44. The predicted octanol–water partition coefficient (Wildman–Crippen LogP) is 3.82. The molecule has 0 atom stereocenters. The Bertz CT molecular complexity index is 561. The fraction of sp³-hybridized carbons (Fsp3) is 0.500. The summed E-state index contributed by atoms with van der Waals surface area (Å²) in [6.07, 6.45) is 1.03. The topological polar surface area (TPSA) is 37.8 Å². The van der Waals surface area contributed by atoms with Crippen molar-refractivity contribution < 1.29 is 0 Å². The van der Waals surface area contributed by atoms with Crippen LogP contribution in [0.1, 0.15) is 37.0 Å². The van der Waals surface area contributed by atoms with Crippen molar-refractivity contribution in [3.05, 3.63) is 34.5 Å². The van der Waals surface area contributed by atoms with Crippen LogP contribution in [0.15, 0.2) is 18.2 Å². The van der Waals surface area contributed by atoms with E-state index in [0.717, 1.165) is 35.9 Å². The average molecular weight is 289 g/mol. The van der Waals surface area contributed by atoms with Crippen LogP contribution in [0, 0.1) is 12.8 Å². The molecule has 0 fully saturated rings. The lowest BCUT2D eigenvalue weighted by atomic mass is 10.1. The van der Waals surface area contributed by atoms with E-state index in [1.54, 1.807) is 11.3 Å². The average Bonchev–Trinajstić information content (AvgIpc) is 2.78. The van der Waals surface area contributed by atoms with Crippen LogP contribution in [0.25, 0.3) is 10.7 Å². The van der Waals surface area contributed by atoms with Gasteiger partial charge in [0.15, 0.2) is 0 Å². The van der Waals surface area contributed by atoms with Crippen LogP contribution in [0.2, 0.25) is 0 Å². The third-order valence-corrected chi connectivity index (χ3v) is 4.14. The van der Waals surface area contributed by atoms with Crippen molar-refractivity contribution in [3.8, 4) is 10.7 Å². The number of nitrogens with one attached hydrogen (secondary N) is 1. The molecule has 0 aliphatic heterocycles. The Kier molecular flexibility index (Phi) is 5.26. The molecule has 0 bridgehead atoms. The normalized spacial score (nSPS) is 11.2. The highest BCUT2D eigenvalue weighted by Gasteiger charge is 2.14. The van der Waals surface area contributed by atoms with Crippen molar-refractivity contribution in [3.63, 3.8) is 0 Å². The monoisotopic (exact) mass is 289 g/mol. The number of thiazole rings is 1. The summed E-state index contributed by atoms with van der Waals surface area (Å²) in [5.74, 6) is 0.621. The number of pyridine rings is 1. The van der Waals surface area contributed by atoms with E-state index in [4.69, 9.17) is 4.98 Å². The molecule has 1 N–H and O–H groups in total. The van der Waals surface area contributed by atoms with E-state index < -0.39 is 0 Å². The van der Waals surface area contributed by atoms with Crippen molar-refractivity contribution in [1.29, 1.82) is 0 Å². The maximum Gasteiger partial charge on any atom is 0.142 e. The van der Waals surface area contributed by atoms with Gasteiger partial charge in [0.1, 0.15) is 5.01 Å². The second-order valence-corrected chi connectivity index (χ2v) is 6.52. The summed E-state index contributed by atoms with van der Waals surface area (Å²) in [6, 6.07) is 6.11. The number of nitrogens with zero attached hydrogens (tertiary/aromatic N) is 2. The number of aryl methyl sites for hydroxylation is 1. The molecule has 0 aromatic carbocycles. The van der Waals surface area contributed by atoms with E-state index in [0.29, 0.717) is 5.92 Å². The van der Waals surface area contributed by atoms with Gasteiger partial charge in [0.2, 0.25) is 0 Å². The molecule has 0 radical (unpaired) electrons. The summed E-state index contributed by atoms with van der Waals surface area (Å²) in [7, 11) is 0. The second kappa shape index (κ2) is 6.95. The first-order chi connectivity index (χ1) is 9.60. The van der Waals surface area contributed by atoms with Gasteiger partial charge in [-0.2, -0.15) is 0 Å². The largest absolute Gasteiger partial charge is 0.312 e. The van der Waals surface area contributed by atoms with Crippen molar-refractivity contribution >= 4 is 11.3 Å². The summed E-state index contributed by atoms with van der Waals surface area (Å²) < 4.78 is 0. The SMILES string of the molecule is CCNCc1sc(-c2cccc(C)n2)nc1CC(C)C. The number of hydrogen-bond acceptors (Lipinski definition) is 4. The van der Waals surface area contributed by atoms with Crippen LogP contribution >= 0.6 is 11.3 Å². The van der Waals surface area contributed by atoms with Gasteiger partial charge in [-0.15, -0.1) is 11.3 Å². The lowest BCUT2D eigenvalue weighted by molar-refractivity contribution is 0.627. The van der Waals surface area contributed by atoms with E-state index in [1.807, 2.05) is 25.1 Å². The quantitative estimate of drug-likeness (QED) is 0.878. The van der Waals surface area contributed by atoms with Crippen molar-refractivity contribution in [2.45, 2.75) is 40.7 Å². The highest BCUT2D eigenvalue weighted by atomic mass is 32.1. The van der Waals surface area contributed by atoms with Crippen LogP contribution in [0.4, 0.5) is 0 Å².